The number of primary amides is 1. The van der Waals surface area contributed by atoms with Crippen molar-refractivity contribution in [2.45, 2.75) is 19.9 Å². The van der Waals surface area contributed by atoms with E-state index in [9.17, 15) is 9.59 Å². The lowest BCUT2D eigenvalue weighted by atomic mass is 9.90. The minimum absolute atomic E-state index is 0.0324. The van der Waals surface area contributed by atoms with E-state index in [1.54, 1.807) is 11.0 Å². The van der Waals surface area contributed by atoms with Crippen LogP contribution in [0.4, 0.5) is 0 Å². The van der Waals surface area contributed by atoms with Crippen LogP contribution in [0.3, 0.4) is 0 Å². The van der Waals surface area contributed by atoms with Crippen molar-refractivity contribution in [3.63, 3.8) is 0 Å². The van der Waals surface area contributed by atoms with Crippen molar-refractivity contribution >= 4 is 17.4 Å². The first kappa shape index (κ1) is 16.0. The number of hydrogen-bond acceptors (Lipinski definition) is 2. The van der Waals surface area contributed by atoms with E-state index in [-0.39, 0.29) is 18.5 Å². The monoisotopic (exact) mass is 320 g/mol. The normalized spacial score (nSPS) is 14.6. The van der Waals surface area contributed by atoms with Crippen molar-refractivity contribution in [2.75, 3.05) is 6.54 Å². The molecule has 0 unspecified atom stereocenters. The molecule has 122 valence electrons. The fraction of sp³-hybridized carbons (Fsp3) is 0.200. The van der Waals surface area contributed by atoms with Gasteiger partial charge in [-0.05, 0) is 31.0 Å². The molecule has 1 heterocycles. The summed E-state index contributed by atoms with van der Waals surface area (Å²) in [5, 5.41) is 0. The summed E-state index contributed by atoms with van der Waals surface area (Å²) in [5.74, 6) is -0.575. The molecule has 2 aromatic carbocycles. The number of fused-ring (bicyclic) bond motifs is 1. The molecule has 0 spiro atoms. The van der Waals surface area contributed by atoms with Crippen molar-refractivity contribution < 1.29 is 9.59 Å². The number of nitrogens with zero attached hydrogens (tertiary/aromatic N) is 1. The zero-order valence-electron chi connectivity index (χ0n) is 13.8. The third-order valence-electron chi connectivity index (χ3n) is 4.30. The zero-order valence-corrected chi connectivity index (χ0v) is 13.8. The number of hydrogen-bond donors (Lipinski definition) is 1. The van der Waals surface area contributed by atoms with Crippen LogP contribution in [0.25, 0.3) is 5.57 Å². The summed E-state index contributed by atoms with van der Waals surface area (Å²) in [6.45, 7) is 4.09. The molecule has 3 rings (SSSR count). The minimum Gasteiger partial charge on any atom is -0.366 e. The molecule has 0 aromatic heterocycles. The third-order valence-corrected chi connectivity index (χ3v) is 4.30. The Hall–Kier alpha value is -2.88. The fourth-order valence-electron chi connectivity index (χ4n) is 3.08. The molecule has 0 aliphatic carbocycles. The standard InChI is InChI=1S/C20H20N2O2/c1-13(2)22-12-17(19(21)23)18(14-8-4-3-5-9-14)15-10-6-7-11-16(15)20(22)24/h3-11,13H,12H2,1-2H3,(H2,21,23). The average molecular weight is 320 g/mol. The van der Waals surface area contributed by atoms with Gasteiger partial charge in [0.05, 0.1) is 6.54 Å². The molecule has 0 radical (unpaired) electrons. The first-order valence-corrected chi connectivity index (χ1v) is 7.99. The molecule has 24 heavy (non-hydrogen) atoms. The smallest absolute Gasteiger partial charge is 0.255 e. The average Bonchev–Trinajstić information content (AvgIpc) is 2.71. The third kappa shape index (κ3) is 2.71. The maximum absolute atomic E-state index is 13.0. The Morgan fingerprint density at radius 1 is 1.00 bits per heavy atom. The number of benzene rings is 2. The van der Waals surface area contributed by atoms with Gasteiger partial charge < -0.3 is 10.6 Å². The lowest BCUT2D eigenvalue weighted by Gasteiger charge is -2.26. The predicted octanol–water partition coefficient (Wildman–Crippen LogP) is 2.84. The molecule has 4 nitrogen and oxygen atoms in total. The second-order valence-corrected chi connectivity index (χ2v) is 6.16. The summed E-state index contributed by atoms with van der Waals surface area (Å²) in [7, 11) is 0. The van der Waals surface area contributed by atoms with Gasteiger partial charge in [0.15, 0.2) is 0 Å². The fourth-order valence-corrected chi connectivity index (χ4v) is 3.08. The molecular formula is C20H20N2O2. The van der Waals surface area contributed by atoms with E-state index in [1.807, 2.05) is 62.4 Å². The van der Waals surface area contributed by atoms with Gasteiger partial charge in [0.1, 0.15) is 0 Å². The summed E-state index contributed by atoms with van der Waals surface area (Å²) in [6.07, 6.45) is 0. The summed E-state index contributed by atoms with van der Waals surface area (Å²) in [6, 6.07) is 17.0. The van der Waals surface area contributed by atoms with Crippen LogP contribution in [0.2, 0.25) is 0 Å². The molecule has 1 aliphatic heterocycles. The van der Waals surface area contributed by atoms with Crippen molar-refractivity contribution in [1.82, 2.24) is 4.90 Å². The minimum atomic E-state index is -0.496. The van der Waals surface area contributed by atoms with Gasteiger partial charge in [-0.15, -0.1) is 0 Å². The molecule has 0 saturated carbocycles. The number of carbonyl (C=O) groups is 2. The highest BCUT2D eigenvalue weighted by molar-refractivity contribution is 6.10. The maximum Gasteiger partial charge on any atom is 0.255 e. The van der Waals surface area contributed by atoms with E-state index in [1.165, 1.54) is 0 Å². The van der Waals surface area contributed by atoms with Crippen LogP contribution in [-0.4, -0.2) is 29.3 Å². The molecule has 2 aromatic rings. The molecule has 0 saturated heterocycles. The summed E-state index contributed by atoms with van der Waals surface area (Å²) < 4.78 is 0. The van der Waals surface area contributed by atoms with Gasteiger partial charge in [-0.25, -0.2) is 0 Å². The van der Waals surface area contributed by atoms with Crippen LogP contribution in [0, 0.1) is 0 Å². The molecular weight excluding hydrogens is 300 g/mol. The van der Waals surface area contributed by atoms with Crippen LogP contribution in [0.1, 0.15) is 35.3 Å². The number of rotatable bonds is 3. The van der Waals surface area contributed by atoms with Crippen LogP contribution >= 0.6 is 0 Å². The van der Waals surface area contributed by atoms with E-state index >= 15 is 0 Å². The van der Waals surface area contributed by atoms with Gasteiger partial charge in [-0.1, -0.05) is 48.5 Å². The topological polar surface area (TPSA) is 63.4 Å². The lowest BCUT2D eigenvalue weighted by molar-refractivity contribution is -0.114. The van der Waals surface area contributed by atoms with E-state index in [2.05, 4.69) is 0 Å². The second-order valence-electron chi connectivity index (χ2n) is 6.16. The lowest BCUT2D eigenvalue weighted by Crippen LogP contribution is -2.39. The van der Waals surface area contributed by atoms with E-state index in [0.29, 0.717) is 11.1 Å². The van der Waals surface area contributed by atoms with Gasteiger partial charge in [0, 0.05) is 22.8 Å². The highest BCUT2D eigenvalue weighted by atomic mass is 16.2. The number of amides is 2. The van der Waals surface area contributed by atoms with E-state index in [0.717, 1.165) is 16.7 Å². The van der Waals surface area contributed by atoms with Crippen molar-refractivity contribution in [2.24, 2.45) is 5.73 Å². The highest BCUT2D eigenvalue weighted by Crippen LogP contribution is 2.33. The SMILES string of the molecule is CC(C)N1CC(C(N)=O)=C(c2ccccc2)c2ccccc2C1=O. The van der Waals surface area contributed by atoms with Gasteiger partial charge in [-0.3, -0.25) is 9.59 Å². The molecule has 0 bridgehead atoms. The Labute approximate surface area is 141 Å². The molecule has 2 amide bonds. The molecule has 0 fully saturated rings. The second kappa shape index (κ2) is 6.32. The van der Waals surface area contributed by atoms with Crippen LogP contribution in [0.5, 0.6) is 0 Å². The Bertz CT molecular complexity index is 823. The Balaban J connectivity index is 2.35. The van der Waals surface area contributed by atoms with Crippen LogP contribution in [0.15, 0.2) is 60.2 Å². The largest absolute Gasteiger partial charge is 0.366 e. The quantitative estimate of drug-likeness (QED) is 0.945. The van der Waals surface area contributed by atoms with Gasteiger partial charge >= 0.3 is 0 Å². The van der Waals surface area contributed by atoms with Crippen LogP contribution < -0.4 is 5.73 Å². The summed E-state index contributed by atoms with van der Waals surface area (Å²) in [5.41, 5.74) is 9.15. The van der Waals surface area contributed by atoms with Crippen molar-refractivity contribution in [1.29, 1.82) is 0 Å². The Morgan fingerprint density at radius 2 is 1.58 bits per heavy atom. The summed E-state index contributed by atoms with van der Waals surface area (Å²) >= 11 is 0. The highest BCUT2D eigenvalue weighted by Gasteiger charge is 2.31. The molecule has 0 atom stereocenters. The summed E-state index contributed by atoms with van der Waals surface area (Å²) in [4.78, 5) is 26.9. The van der Waals surface area contributed by atoms with Gasteiger partial charge in [0.25, 0.3) is 5.91 Å². The first-order valence-electron chi connectivity index (χ1n) is 7.99. The first-order chi connectivity index (χ1) is 11.5. The number of carbonyl (C=O) groups excluding carboxylic acids is 2. The van der Waals surface area contributed by atoms with Gasteiger partial charge in [0.2, 0.25) is 5.91 Å². The maximum atomic E-state index is 13.0. The van der Waals surface area contributed by atoms with Crippen molar-refractivity contribution in [3.05, 3.63) is 76.9 Å². The van der Waals surface area contributed by atoms with E-state index < -0.39 is 5.91 Å². The van der Waals surface area contributed by atoms with Crippen LogP contribution in [-0.2, 0) is 4.79 Å². The Morgan fingerprint density at radius 3 is 2.17 bits per heavy atom. The zero-order chi connectivity index (χ0) is 17.3. The molecule has 2 N–H and O–H groups in total. The van der Waals surface area contributed by atoms with Gasteiger partial charge in [-0.2, -0.15) is 0 Å². The Kier molecular flexibility index (Phi) is 4.21. The predicted molar refractivity (Wildman–Crippen MR) is 94.3 cm³/mol. The number of nitrogens with two attached hydrogens (primary N) is 1. The van der Waals surface area contributed by atoms with Crippen molar-refractivity contribution in [3.8, 4) is 0 Å². The molecule has 1 aliphatic rings. The molecule has 4 heteroatoms. The van der Waals surface area contributed by atoms with E-state index in [4.69, 9.17) is 5.73 Å².